The molecule has 0 bridgehead atoms. The van der Waals surface area contributed by atoms with Crippen LogP contribution in [0.3, 0.4) is 0 Å². The molecule has 0 aliphatic rings. The van der Waals surface area contributed by atoms with Gasteiger partial charge in [0.05, 0.1) is 0 Å². The van der Waals surface area contributed by atoms with Crippen molar-refractivity contribution in [1.29, 1.82) is 0 Å². The van der Waals surface area contributed by atoms with Crippen LogP contribution >= 0.6 is 0 Å². The lowest BCUT2D eigenvalue weighted by atomic mass is 10.00. The number of benzene rings is 1. The number of nitrogens with zero attached hydrogens (tertiary/aromatic N) is 1. The highest BCUT2D eigenvalue weighted by Gasteiger charge is 2.17. The number of hydrogen-bond acceptors (Lipinski definition) is 2. The van der Waals surface area contributed by atoms with Crippen LogP contribution in [0.2, 0.25) is 0 Å². The molecule has 0 saturated heterocycles. The molecule has 0 spiro atoms. The molecule has 1 rings (SSSR count). The Bertz CT molecular complexity index is 375. The van der Waals surface area contributed by atoms with Crippen LogP contribution in [0.1, 0.15) is 51.3 Å². The van der Waals surface area contributed by atoms with Crippen molar-refractivity contribution in [2.24, 2.45) is 5.92 Å². The topological polar surface area (TPSA) is 15.3 Å². The molecular formula is C18H32N2. The molecule has 2 heteroatoms. The average Bonchev–Trinajstić information content (AvgIpc) is 2.46. The van der Waals surface area contributed by atoms with Gasteiger partial charge in [-0.3, -0.25) is 0 Å². The first-order chi connectivity index (χ1) is 9.62. The predicted octanol–water partition coefficient (Wildman–Crippen LogP) is 4.01. The highest BCUT2D eigenvalue weighted by atomic mass is 15.1. The van der Waals surface area contributed by atoms with Crippen molar-refractivity contribution >= 4 is 0 Å². The van der Waals surface area contributed by atoms with E-state index in [2.05, 4.69) is 69.1 Å². The highest BCUT2D eigenvalue weighted by Crippen LogP contribution is 2.19. The first-order valence-corrected chi connectivity index (χ1v) is 8.13. The molecule has 0 aromatic heterocycles. The lowest BCUT2D eigenvalue weighted by Crippen LogP contribution is -2.37. The molecule has 1 aromatic carbocycles. The minimum atomic E-state index is 0.435. The van der Waals surface area contributed by atoms with Gasteiger partial charge < -0.3 is 10.2 Å². The van der Waals surface area contributed by atoms with E-state index in [1.165, 1.54) is 24.1 Å². The molecule has 20 heavy (non-hydrogen) atoms. The molecular weight excluding hydrogens is 244 g/mol. The summed E-state index contributed by atoms with van der Waals surface area (Å²) in [6.07, 6.45) is 1.26. The lowest BCUT2D eigenvalue weighted by Gasteiger charge is -2.30. The average molecular weight is 276 g/mol. The number of likely N-dealkylation sites (N-methyl/N-ethyl adjacent to an activating group) is 2. The molecule has 0 saturated carbocycles. The SMILES string of the molecule is CCNC(CN(CC)CC(C)CC)c1ccccc1C. The van der Waals surface area contributed by atoms with Crippen LogP contribution in [-0.2, 0) is 0 Å². The van der Waals surface area contributed by atoms with Gasteiger partial charge in [0.1, 0.15) is 0 Å². The van der Waals surface area contributed by atoms with Crippen LogP contribution in [0.25, 0.3) is 0 Å². The molecule has 0 heterocycles. The maximum atomic E-state index is 3.65. The van der Waals surface area contributed by atoms with E-state index in [0.29, 0.717) is 6.04 Å². The van der Waals surface area contributed by atoms with Crippen molar-refractivity contribution in [2.45, 2.75) is 47.1 Å². The zero-order chi connectivity index (χ0) is 15.0. The van der Waals surface area contributed by atoms with Gasteiger partial charge >= 0.3 is 0 Å². The second-order valence-corrected chi connectivity index (χ2v) is 5.83. The fourth-order valence-corrected chi connectivity index (χ4v) is 2.66. The van der Waals surface area contributed by atoms with Crippen LogP contribution in [0, 0.1) is 12.8 Å². The summed E-state index contributed by atoms with van der Waals surface area (Å²) in [5.74, 6) is 0.772. The summed E-state index contributed by atoms with van der Waals surface area (Å²) in [6, 6.07) is 9.19. The van der Waals surface area contributed by atoms with E-state index in [1.807, 2.05) is 0 Å². The van der Waals surface area contributed by atoms with Gasteiger partial charge in [0.2, 0.25) is 0 Å². The third-order valence-corrected chi connectivity index (χ3v) is 4.17. The lowest BCUT2D eigenvalue weighted by molar-refractivity contribution is 0.221. The normalized spacial score (nSPS) is 14.5. The monoisotopic (exact) mass is 276 g/mol. The van der Waals surface area contributed by atoms with Crippen molar-refractivity contribution in [1.82, 2.24) is 10.2 Å². The summed E-state index contributed by atoms with van der Waals surface area (Å²) in [5.41, 5.74) is 2.83. The van der Waals surface area contributed by atoms with Crippen LogP contribution in [-0.4, -0.2) is 31.1 Å². The fourth-order valence-electron chi connectivity index (χ4n) is 2.66. The standard InChI is InChI=1S/C18H32N2/c1-6-15(4)13-20(8-3)14-18(19-7-2)17-12-10-9-11-16(17)5/h9-12,15,18-19H,6-8,13-14H2,1-5H3. The van der Waals surface area contributed by atoms with Gasteiger partial charge in [-0.15, -0.1) is 0 Å². The Labute approximate surface area is 125 Å². The first kappa shape index (κ1) is 17.2. The van der Waals surface area contributed by atoms with Gasteiger partial charge in [-0.05, 0) is 37.1 Å². The molecule has 1 aromatic rings. The Balaban J connectivity index is 2.78. The molecule has 2 nitrogen and oxygen atoms in total. The van der Waals surface area contributed by atoms with Crippen LogP contribution < -0.4 is 5.32 Å². The molecule has 0 aliphatic carbocycles. The van der Waals surface area contributed by atoms with E-state index in [1.54, 1.807) is 0 Å². The van der Waals surface area contributed by atoms with Crippen molar-refractivity contribution in [3.05, 3.63) is 35.4 Å². The Hall–Kier alpha value is -0.860. The van der Waals surface area contributed by atoms with Crippen molar-refractivity contribution in [3.8, 4) is 0 Å². The molecule has 0 fully saturated rings. The number of rotatable bonds is 9. The summed E-state index contributed by atoms with van der Waals surface area (Å²) in [4.78, 5) is 2.58. The molecule has 114 valence electrons. The smallest absolute Gasteiger partial charge is 0.0451 e. The summed E-state index contributed by atoms with van der Waals surface area (Å²) >= 11 is 0. The Morgan fingerprint density at radius 3 is 2.35 bits per heavy atom. The summed E-state index contributed by atoms with van der Waals surface area (Å²) < 4.78 is 0. The van der Waals surface area contributed by atoms with Crippen LogP contribution in [0.15, 0.2) is 24.3 Å². The van der Waals surface area contributed by atoms with Crippen LogP contribution in [0.5, 0.6) is 0 Å². The van der Waals surface area contributed by atoms with Gasteiger partial charge in [0.25, 0.3) is 0 Å². The van der Waals surface area contributed by atoms with Gasteiger partial charge in [-0.1, -0.05) is 58.4 Å². The Morgan fingerprint density at radius 2 is 1.80 bits per heavy atom. The van der Waals surface area contributed by atoms with E-state index in [-0.39, 0.29) is 0 Å². The molecule has 0 aliphatic heterocycles. The van der Waals surface area contributed by atoms with Crippen molar-refractivity contribution in [3.63, 3.8) is 0 Å². The summed E-state index contributed by atoms with van der Waals surface area (Å²) in [7, 11) is 0. The third kappa shape index (κ3) is 5.26. The van der Waals surface area contributed by atoms with Gasteiger partial charge in [0, 0.05) is 19.1 Å². The second kappa shape index (κ2) is 9.15. The number of aryl methyl sites for hydroxylation is 1. The third-order valence-electron chi connectivity index (χ3n) is 4.17. The maximum Gasteiger partial charge on any atom is 0.0451 e. The van der Waals surface area contributed by atoms with Crippen LogP contribution in [0.4, 0.5) is 0 Å². The molecule has 0 amide bonds. The Morgan fingerprint density at radius 1 is 1.10 bits per heavy atom. The molecule has 0 radical (unpaired) electrons. The van der Waals surface area contributed by atoms with E-state index in [0.717, 1.165) is 25.6 Å². The summed E-state index contributed by atoms with van der Waals surface area (Å²) in [6.45, 7) is 15.7. The Kier molecular flexibility index (Phi) is 7.86. The quantitative estimate of drug-likeness (QED) is 0.733. The van der Waals surface area contributed by atoms with Gasteiger partial charge in [-0.25, -0.2) is 0 Å². The summed E-state index contributed by atoms with van der Waals surface area (Å²) in [5, 5.41) is 3.65. The van der Waals surface area contributed by atoms with Gasteiger partial charge in [-0.2, -0.15) is 0 Å². The zero-order valence-corrected chi connectivity index (χ0v) is 13.9. The van der Waals surface area contributed by atoms with Gasteiger partial charge in [0.15, 0.2) is 0 Å². The largest absolute Gasteiger partial charge is 0.309 e. The minimum absolute atomic E-state index is 0.435. The first-order valence-electron chi connectivity index (χ1n) is 8.13. The van der Waals surface area contributed by atoms with Crippen molar-refractivity contribution < 1.29 is 0 Å². The zero-order valence-electron chi connectivity index (χ0n) is 13.9. The fraction of sp³-hybridized carbons (Fsp3) is 0.667. The van der Waals surface area contributed by atoms with Crippen molar-refractivity contribution in [2.75, 3.05) is 26.2 Å². The van der Waals surface area contributed by atoms with E-state index >= 15 is 0 Å². The minimum Gasteiger partial charge on any atom is -0.309 e. The maximum absolute atomic E-state index is 3.65. The number of nitrogens with one attached hydrogen (secondary N) is 1. The number of hydrogen-bond donors (Lipinski definition) is 1. The van der Waals surface area contributed by atoms with E-state index in [4.69, 9.17) is 0 Å². The molecule has 2 unspecified atom stereocenters. The molecule has 1 N–H and O–H groups in total. The van der Waals surface area contributed by atoms with E-state index in [9.17, 15) is 0 Å². The highest BCUT2D eigenvalue weighted by molar-refractivity contribution is 5.29. The molecule has 2 atom stereocenters. The van der Waals surface area contributed by atoms with E-state index < -0.39 is 0 Å². The predicted molar refractivity (Wildman–Crippen MR) is 89.2 cm³/mol. The second-order valence-electron chi connectivity index (χ2n) is 5.83.